The van der Waals surface area contributed by atoms with Gasteiger partial charge in [0.1, 0.15) is 0 Å². The first-order valence-corrected chi connectivity index (χ1v) is 3.80. The molecule has 2 heteroatoms. The first-order valence-electron chi connectivity index (χ1n) is 3.80. The molecular weight excluding hydrogens is 114 g/mol. The topological polar surface area (TPSA) is 21.3 Å². The van der Waals surface area contributed by atoms with Gasteiger partial charge in [-0.05, 0) is 25.7 Å². The highest BCUT2D eigenvalue weighted by Crippen LogP contribution is 2.23. The highest BCUT2D eigenvalue weighted by atomic mass is 16.5. The lowest BCUT2D eigenvalue weighted by Crippen LogP contribution is -2.44. The maximum Gasteiger partial charge on any atom is 0.0971 e. The molecule has 0 aromatic heterocycles. The second-order valence-corrected chi connectivity index (χ2v) is 3.00. The SMILES string of the molecule is C1CC2CC(C1)OCN2. The number of fused-ring (bicyclic) bond motifs is 2. The summed E-state index contributed by atoms with van der Waals surface area (Å²) in [4.78, 5) is 0. The zero-order chi connectivity index (χ0) is 6.10. The Morgan fingerprint density at radius 2 is 2.33 bits per heavy atom. The summed E-state index contributed by atoms with van der Waals surface area (Å²) in [7, 11) is 0. The fourth-order valence-electron chi connectivity index (χ4n) is 1.77. The van der Waals surface area contributed by atoms with E-state index in [1.54, 1.807) is 0 Å². The molecule has 2 unspecified atom stereocenters. The van der Waals surface area contributed by atoms with Crippen molar-refractivity contribution < 1.29 is 4.74 Å². The Labute approximate surface area is 55.6 Å². The molecule has 2 bridgehead atoms. The molecule has 1 N–H and O–H groups in total. The Kier molecular flexibility index (Phi) is 1.44. The quantitative estimate of drug-likeness (QED) is 0.521. The second kappa shape index (κ2) is 2.27. The molecular formula is C7H13NO. The molecule has 2 atom stereocenters. The van der Waals surface area contributed by atoms with E-state index < -0.39 is 0 Å². The molecule has 0 radical (unpaired) electrons. The number of rotatable bonds is 0. The first kappa shape index (κ1) is 5.69. The minimum Gasteiger partial charge on any atom is -0.363 e. The standard InChI is InChI=1S/C7H13NO/c1-2-6-4-7(3-1)9-5-8-6/h6-8H,1-5H2. The van der Waals surface area contributed by atoms with E-state index in [1.807, 2.05) is 0 Å². The normalized spacial score (nSPS) is 42.7. The van der Waals surface area contributed by atoms with E-state index >= 15 is 0 Å². The van der Waals surface area contributed by atoms with Crippen molar-refractivity contribution in [3.05, 3.63) is 0 Å². The van der Waals surface area contributed by atoms with Gasteiger partial charge in [-0.25, -0.2) is 0 Å². The van der Waals surface area contributed by atoms with Crippen molar-refractivity contribution in [1.82, 2.24) is 5.32 Å². The van der Waals surface area contributed by atoms with Crippen LogP contribution in [-0.2, 0) is 4.74 Å². The van der Waals surface area contributed by atoms with Gasteiger partial charge in [0.2, 0.25) is 0 Å². The van der Waals surface area contributed by atoms with Crippen LogP contribution >= 0.6 is 0 Å². The van der Waals surface area contributed by atoms with Gasteiger partial charge in [0.15, 0.2) is 0 Å². The lowest BCUT2D eigenvalue weighted by Gasteiger charge is -2.35. The van der Waals surface area contributed by atoms with Gasteiger partial charge < -0.3 is 4.74 Å². The Bertz CT molecular complexity index is 85.1. The predicted octanol–water partition coefficient (Wildman–Crippen LogP) is 0.875. The summed E-state index contributed by atoms with van der Waals surface area (Å²) in [6.45, 7) is 0.787. The minimum atomic E-state index is 0.588. The fourth-order valence-corrected chi connectivity index (χ4v) is 1.77. The van der Waals surface area contributed by atoms with Gasteiger partial charge in [0, 0.05) is 6.04 Å². The van der Waals surface area contributed by atoms with Crippen molar-refractivity contribution in [3.63, 3.8) is 0 Å². The number of hydrogen-bond acceptors (Lipinski definition) is 2. The van der Waals surface area contributed by atoms with E-state index in [9.17, 15) is 0 Å². The van der Waals surface area contributed by atoms with Crippen LogP contribution in [0.25, 0.3) is 0 Å². The van der Waals surface area contributed by atoms with Crippen molar-refractivity contribution in [1.29, 1.82) is 0 Å². The van der Waals surface area contributed by atoms with Gasteiger partial charge in [-0.1, -0.05) is 0 Å². The zero-order valence-electron chi connectivity index (χ0n) is 5.60. The van der Waals surface area contributed by atoms with E-state index in [4.69, 9.17) is 4.74 Å². The molecule has 52 valence electrons. The van der Waals surface area contributed by atoms with E-state index in [2.05, 4.69) is 5.32 Å². The fraction of sp³-hybridized carbons (Fsp3) is 1.00. The maximum atomic E-state index is 5.44. The van der Waals surface area contributed by atoms with Crippen LogP contribution in [0.5, 0.6) is 0 Å². The Balaban J connectivity index is 1.96. The summed E-state index contributed by atoms with van der Waals surface area (Å²) in [5.41, 5.74) is 0. The molecule has 1 heterocycles. The summed E-state index contributed by atoms with van der Waals surface area (Å²) in [5, 5.41) is 3.33. The van der Waals surface area contributed by atoms with Crippen LogP contribution in [0.15, 0.2) is 0 Å². The number of ether oxygens (including phenoxy) is 1. The van der Waals surface area contributed by atoms with Crippen LogP contribution in [-0.4, -0.2) is 18.9 Å². The van der Waals surface area contributed by atoms with Gasteiger partial charge in [0.05, 0.1) is 12.8 Å². The third-order valence-corrected chi connectivity index (χ3v) is 2.32. The molecule has 2 nitrogen and oxygen atoms in total. The van der Waals surface area contributed by atoms with Crippen LogP contribution in [0.3, 0.4) is 0 Å². The summed E-state index contributed by atoms with van der Waals surface area (Å²) >= 11 is 0. The summed E-state index contributed by atoms with van der Waals surface area (Å²) in [6, 6.07) is 0.775. The molecule has 9 heavy (non-hydrogen) atoms. The third-order valence-electron chi connectivity index (χ3n) is 2.32. The monoisotopic (exact) mass is 127 g/mol. The molecule has 0 aromatic carbocycles. The maximum absolute atomic E-state index is 5.44. The van der Waals surface area contributed by atoms with Gasteiger partial charge in [-0.3, -0.25) is 5.32 Å². The van der Waals surface area contributed by atoms with Gasteiger partial charge in [-0.15, -0.1) is 0 Å². The number of nitrogens with one attached hydrogen (secondary N) is 1. The van der Waals surface area contributed by atoms with Gasteiger partial charge >= 0.3 is 0 Å². The largest absolute Gasteiger partial charge is 0.363 e. The van der Waals surface area contributed by atoms with Crippen LogP contribution in [0.1, 0.15) is 25.7 Å². The predicted molar refractivity (Wildman–Crippen MR) is 35.1 cm³/mol. The molecule has 2 aliphatic rings. The zero-order valence-corrected chi connectivity index (χ0v) is 5.60. The lowest BCUT2D eigenvalue weighted by atomic mass is 9.92. The average molecular weight is 127 g/mol. The van der Waals surface area contributed by atoms with Crippen LogP contribution in [0.2, 0.25) is 0 Å². The third kappa shape index (κ3) is 1.10. The lowest BCUT2D eigenvalue weighted by molar-refractivity contribution is -0.0349. The smallest absolute Gasteiger partial charge is 0.0971 e. The van der Waals surface area contributed by atoms with Crippen molar-refractivity contribution in [2.24, 2.45) is 0 Å². The molecule has 1 aliphatic carbocycles. The second-order valence-electron chi connectivity index (χ2n) is 3.00. The summed E-state index contributed by atoms with van der Waals surface area (Å²) < 4.78 is 5.44. The molecule has 1 aliphatic heterocycles. The van der Waals surface area contributed by atoms with Crippen LogP contribution < -0.4 is 5.32 Å². The first-order chi connectivity index (χ1) is 4.45. The summed E-state index contributed by atoms with van der Waals surface area (Å²) in [5.74, 6) is 0. The molecule has 2 fully saturated rings. The molecule has 1 saturated carbocycles. The molecule has 2 rings (SSSR count). The van der Waals surface area contributed by atoms with E-state index in [1.165, 1.54) is 25.7 Å². The highest BCUT2D eigenvalue weighted by molar-refractivity contribution is 4.80. The number of hydrogen-bond donors (Lipinski definition) is 1. The summed E-state index contributed by atoms with van der Waals surface area (Å²) in [6.07, 6.45) is 5.84. The Morgan fingerprint density at radius 3 is 3.11 bits per heavy atom. The molecule has 0 amide bonds. The van der Waals surface area contributed by atoms with Crippen molar-refractivity contribution >= 4 is 0 Å². The van der Waals surface area contributed by atoms with Crippen LogP contribution in [0, 0.1) is 0 Å². The molecule has 0 spiro atoms. The van der Waals surface area contributed by atoms with E-state index in [-0.39, 0.29) is 0 Å². The average Bonchev–Trinajstić information content (AvgIpc) is 1.88. The van der Waals surface area contributed by atoms with Gasteiger partial charge in [-0.2, -0.15) is 0 Å². The molecule has 0 aromatic rings. The Morgan fingerprint density at radius 1 is 1.33 bits per heavy atom. The van der Waals surface area contributed by atoms with Crippen LogP contribution in [0.4, 0.5) is 0 Å². The van der Waals surface area contributed by atoms with Crippen molar-refractivity contribution in [2.45, 2.75) is 37.8 Å². The minimum absolute atomic E-state index is 0.588. The Hall–Kier alpha value is -0.0800. The van der Waals surface area contributed by atoms with Crippen molar-refractivity contribution in [2.75, 3.05) is 6.73 Å². The van der Waals surface area contributed by atoms with E-state index in [0.29, 0.717) is 6.10 Å². The van der Waals surface area contributed by atoms with Crippen molar-refractivity contribution in [3.8, 4) is 0 Å². The molecule has 1 saturated heterocycles. The van der Waals surface area contributed by atoms with E-state index in [0.717, 1.165) is 12.8 Å². The van der Waals surface area contributed by atoms with Gasteiger partial charge in [0.25, 0.3) is 0 Å². The highest BCUT2D eigenvalue weighted by Gasteiger charge is 2.25.